The van der Waals surface area contributed by atoms with Crippen molar-refractivity contribution in [2.24, 2.45) is 0 Å². The summed E-state index contributed by atoms with van der Waals surface area (Å²) in [6.07, 6.45) is 0. The maximum absolute atomic E-state index is 13.1. The van der Waals surface area contributed by atoms with Crippen LogP contribution in [-0.4, -0.2) is 6.54 Å². The molecule has 0 fully saturated rings. The summed E-state index contributed by atoms with van der Waals surface area (Å²) in [5.74, 6) is -0.170. The Labute approximate surface area is 120 Å². The first kappa shape index (κ1) is 14.7. The van der Waals surface area contributed by atoms with E-state index in [1.54, 1.807) is 6.07 Å². The Kier molecular flexibility index (Phi) is 4.56. The van der Waals surface area contributed by atoms with Crippen LogP contribution in [0.4, 0.5) is 4.39 Å². The highest BCUT2D eigenvalue weighted by Crippen LogP contribution is 2.22. The van der Waals surface area contributed by atoms with Crippen LogP contribution in [0.5, 0.6) is 0 Å². The van der Waals surface area contributed by atoms with Crippen molar-refractivity contribution in [3.05, 3.63) is 71.0 Å². The van der Waals surface area contributed by atoms with Crippen LogP contribution < -0.4 is 5.32 Å². The van der Waals surface area contributed by atoms with Gasteiger partial charge >= 0.3 is 0 Å². The molecule has 20 heavy (non-hydrogen) atoms. The van der Waals surface area contributed by atoms with Crippen molar-refractivity contribution < 1.29 is 4.39 Å². The zero-order chi connectivity index (χ0) is 14.6. The number of halogens is 1. The Morgan fingerprint density at radius 2 is 1.75 bits per heavy atom. The molecule has 0 radical (unpaired) electrons. The van der Waals surface area contributed by atoms with E-state index < -0.39 is 0 Å². The standard InChI is InChI=1S/C18H22FN/c1-14-11-17(19)10-9-15(14)12-20-13-18(2,3)16-7-5-4-6-8-16/h4-11,20H,12-13H2,1-3H3. The first-order valence-electron chi connectivity index (χ1n) is 7.00. The van der Waals surface area contributed by atoms with Crippen LogP contribution in [0.15, 0.2) is 48.5 Å². The Morgan fingerprint density at radius 3 is 2.40 bits per heavy atom. The second-order valence-electron chi connectivity index (χ2n) is 5.92. The summed E-state index contributed by atoms with van der Waals surface area (Å²) < 4.78 is 13.1. The van der Waals surface area contributed by atoms with E-state index in [4.69, 9.17) is 0 Å². The summed E-state index contributed by atoms with van der Waals surface area (Å²) >= 11 is 0. The molecule has 0 aliphatic rings. The van der Waals surface area contributed by atoms with Crippen LogP contribution in [0.25, 0.3) is 0 Å². The smallest absolute Gasteiger partial charge is 0.123 e. The summed E-state index contributed by atoms with van der Waals surface area (Å²) in [4.78, 5) is 0. The zero-order valence-electron chi connectivity index (χ0n) is 12.4. The van der Waals surface area contributed by atoms with Gasteiger partial charge in [0.2, 0.25) is 0 Å². The summed E-state index contributed by atoms with van der Waals surface area (Å²) in [6.45, 7) is 8.05. The Hall–Kier alpha value is -1.67. The minimum Gasteiger partial charge on any atom is -0.312 e. The van der Waals surface area contributed by atoms with E-state index in [9.17, 15) is 4.39 Å². The predicted molar refractivity (Wildman–Crippen MR) is 82.3 cm³/mol. The van der Waals surface area contributed by atoms with Crippen LogP contribution in [-0.2, 0) is 12.0 Å². The summed E-state index contributed by atoms with van der Waals surface area (Å²) in [7, 11) is 0. The molecule has 0 bridgehead atoms. The molecule has 2 rings (SSSR count). The zero-order valence-corrected chi connectivity index (χ0v) is 12.4. The molecule has 0 heterocycles. The molecule has 0 spiro atoms. The van der Waals surface area contributed by atoms with Crippen molar-refractivity contribution in [3.63, 3.8) is 0 Å². The monoisotopic (exact) mass is 271 g/mol. The second-order valence-corrected chi connectivity index (χ2v) is 5.92. The van der Waals surface area contributed by atoms with Gasteiger partial charge in [-0.05, 0) is 35.7 Å². The van der Waals surface area contributed by atoms with E-state index in [0.717, 1.165) is 24.2 Å². The number of benzene rings is 2. The lowest BCUT2D eigenvalue weighted by molar-refractivity contribution is 0.468. The van der Waals surface area contributed by atoms with Gasteiger partial charge in [0.1, 0.15) is 5.82 Å². The minimum atomic E-state index is -0.170. The third kappa shape index (κ3) is 3.67. The molecule has 0 atom stereocenters. The fraction of sp³-hybridized carbons (Fsp3) is 0.333. The van der Waals surface area contributed by atoms with Crippen LogP contribution in [0.1, 0.15) is 30.5 Å². The maximum Gasteiger partial charge on any atom is 0.123 e. The molecule has 0 unspecified atom stereocenters. The Bertz CT molecular complexity index is 561. The van der Waals surface area contributed by atoms with Crippen molar-refractivity contribution in [3.8, 4) is 0 Å². The van der Waals surface area contributed by atoms with Crippen LogP contribution in [0, 0.1) is 12.7 Å². The van der Waals surface area contributed by atoms with Gasteiger partial charge in [-0.2, -0.15) is 0 Å². The molecule has 2 aromatic rings. The molecule has 2 heteroatoms. The first-order chi connectivity index (χ1) is 9.49. The third-order valence-corrected chi connectivity index (χ3v) is 3.74. The molecule has 2 aromatic carbocycles. The molecule has 0 saturated heterocycles. The van der Waals surface area contributed by atoms with Crippen LogP contribution in [0.3, 0.4) is 0 Å². The number of rotatable bonds is 5. The number of nitrogens with one attached hydrogen (secondary N) is 1. The van der Waals surface area contributed by atoms with Crippen molar-refractivity contribution in [2.45, 2.75) is 32.7 Å². The lowest BCUT2D eigenvalue weighted by Crippen LogP contribution is -2.32. The highest BCUT2D eigenvalue weighted by molar-refractivity contribution is 5.27. The summed E-state index contributed by atoms with van der Waals surface area (Å²) in [5.41, 5.74) is 3.54. The molecule has 0 amide bonds. The van der Waals surface area contributed by atoms with Crippen LogP contribution >= 0.6 is 0 Å². The highest BCUT2D eigenvalue weighted by atomic mass is 19.1. The van der Waals surface area contributed by atoms with Gasteiger partial charge in [-0.25, -0.2) is 4.39 Å². The fourth-order valence-electron chi connectivity index (χ4n) is 2.36. The maximum atomic E-state index is 13.1. The minimum absolute atomic E-state index is 0.0786. The molecule has 1 N–H and O–H groups in total. The first-order valence-corrected chi connectivity index (χ1v) is 7.00. The van der Waals surface area contributed by atoms with Crippen molar-refractivity contribution >= 4 is 0 Å². The average molecular weight is 271 g/mol. The normalized spacial score (nSPS) is 11.6. The number of aryl methyl sites for hydroxylation is 1. The predicted octanol–water partition coefficient (Wildman–Crippen LogP) is 4.20. The van der Waals surface area contributed by atoms with Gasteiger partial charge in [0.05, 0.1) is 0 Å². The van der Waals surface area contributed by atoms with Crippen LogP contribution in [0.2, 0.25) is 0 Å². The van der Waals surface area contributed by atoms with Gasteiger partial charge in [-0.3, -0.25) is 0 Å². The van der Waals surface area contributed by atoms with Crippen molar-refractivity contribution in [1.82, 2.24) is 5.32 Å². The quantitative estimate of drug-likeness (QED) is 0.859. The fourth-order valence-corrected chi connectivity index (χ4v) is 2.36. The van der Waals surface area contributed by atoms with E-state index in [-0.39, 0.29) is 11.2 Å². The van der Waals surface area contributed by atoms with Crippen molar-refractivity contribution in [2.75, 3.05) is 6.54 Å². The SMILES string of the molecule is Cc1cc(F)ccc1CNCC(C)(C)c1ccccc1. The summed E-state index contributed by atoms with van der Waals surface area (Å²) in [5, 5.41) is 3.48. The third-order valence-electron chi connectivity index (χ3n) is 3.74. The van der Waals surface area contributed by atoms with E-state index in [2.05, 4.69) is 43.4 Å². The molecule has 0 saturated carbocycles. The van der Waals surface area contributed by atoms with E-state index in [0.29, 0.717) is 0 Å². The van der Waals surface area contributed by atoms with Gasteiger partial charge in [0.25, 0.3) is 0 Å². The summed E-state index contributed by atoms with van der Waals surface area (Å²) in [6, 6.07) is 15.5. The highest BCUT2D eigenvalue weighted by Gasteiger charge is 2.19. The van der Waals surface area contributed by atoms with Gasteiger partial charge in [-0.1, -0.05) is 50.2 Å². The topological polar surface area (TPSA) is 12.0 Å². The number of hydrogen-bond donors (Lipinski definition) is 1. The lowest BCUT2D eigenvalue weighted by Gasteiger charge is -2.26. The molecule has 0 aliphatic heterocycles. The van der Waals surface area contributed by atoms with Gasteiger partial charge in [0.15, 0.2) is 0 Å². The largest absolute Gasteiger partial charge is 0.312 e. The molecule has 106 valence electrons. The molecule has 0 aliphatic carbocycles. The van der Waals surface area contributed by atoms with E-state index in [1.165, 1.54) is 11.6 Å². The lowest BCUT2D eigenvalue weighted by atomic mass is 9.84. The molecule has 0 aromatic heterocycles. The van der Waals surface area contributed by atoms with E-state index in [1.807, 2.05) is 19.1 Å². The average Bonchev–Trinajstić information content (AvgIpc) is 2.42. The van der Waals surface area contributed by atoms with Gasteiger partial charge in [0, 0.05) is 18.5 Å². The molecular formula is C18H22FN. The Morgan fingerprint density at radius 1 is 1.05 bits per heavy atom. The Balaban J connectivity index is 1.95. The van der Waals surface area contributed by atoms with Crippen molar-refractivity contribution in [1.29, 1.82) is 0 Å². The molecular weight excluding hydrogens is 249 g/mol. The molecule has 1 nitrogen and oxygen atoms in total. The second kappa shape index (κ2) is 6.19. The number of hydrogen-bond acceptors (Lipinski definition) is 1. The van der Waals surface area contributed by atoms with E-state index >= 15 is 0 Å². The van der Waals surface area contributed by atoms with Gasteiger partial charge < -0.3 is 5.32 Å². The van der Waals surface area contributed by atoms with Gasteiger partial charge in [-0.15, -0.1) is 0 Å².